The van der Waals surface area contributed by atoms with Crippen molar-refractivity contribution in [2.24, 2.45) is 16.5 Å². The number of benzene rings is 3. The number of aromatic nitrogens is 1. The molecule has 1 aromatic heterocycles. The van der Waals surface area contributed by atoms with E-state index >= 15 is 0 Å². The molecule has 0 radical (unpaired) electrons. The fourth-order valence-electron chi connectivity index (χ4n) is 3.56. The minimum atomic E-state index is -0.444. The van der Waals surface area contributed by atoms with E-state index in [-0.39, 0.29) is 12.5 Å². The molecule has 0 aliphatic heterocycles. The summed E-state index contributed by atoms with van der Waals surface area (Å²) in [6.45, 7) is -0.0188. The Balaban J connectivity index is 1.70. The second-order valence-corrected chi connectivity index (χ2v) is 7.29. The van der Waals surface area contributed by atoms with Gasteiger partial charge in [-0.25, -0.2) is 0 Å². The Hall–Kier alpha value is -4.52. The van der Waals surface area contributed by atoms with Crippen molar-refractivity contribution in [1.82, 2.24) is 4.57 Å². The van der Waals surface area contributed by atoms with Crippen LogP contribution in [0.2, 0.25) is 0 Å². The molecule has 0 unspecified atom stereocenters. The number of nitrogens with two attached hydrogens (primary N) is 2. The van der Waals surface area contributed by atoms with E-state index in [4.69, 9.17) is 20.9 Å². The van der Waals surface area contributed by atoms with Crippen molar-refractivity contribution in [2.75, 3.05) is 7.11 Å². The molecule has 3 aromatic carbocycles. The fourth-order valence-corrected chi connectivity index (χ4v) is 3.56. The third-order valence-electron chi connectivity index (χ3n) is 5.02. The zero-order valence-electron chi connectivity index (χ0n) is 18.1. The Bertz CT molecular complexity index is 1270. The third-order valence-corrected chi connectivity index (χ3v) is 5.02. The minimum Gasteiger partial charge on any atom is -0.497 e. The minimum absolute atomic E-state index is 0.0188. The first kappa shape index (κ1) is 21.7. The van der Waals surface area contributed by atoms with Gasteiger partial charge in [0.2, 0.25) is 0 Å². The van der Waals surface area contributed by atoms with E-state index in [1.54, 1.807) is 7.11 Å². The number of amides is 1. The lowest BCUT2D eigenvalue weighted by Crippen LogP contribution is -2.25. The van der Waals surface area contributed by atoms with Crippen LogP contribution in [0.15, 0.2) is 96.0 Å². The van der Waals surface area contributed by atoms with Gasteiger partial charge in [-0.15, -0.1) is 0 Å². The molecule has 1 amide bonds. The smallest absolute Gasteiger partial charge is 0.268 e. The number of aliphatic imine (C=N–C) groups is 1. The Labute approximate surface area is 191 Å². The maximum absolute atomic E-state index is 12.5. The molecule has 0 saturated heterocycles. The highest BCUT2D eigenvalue weighted by Gasteiger charge is 2.15. The number of hydrogen-bond donors (Lipinski definition) is 2. The van der Waals surface area contributed by atoms with Gasteiger partial charge in [-0.05, 0) is 66.2 Å². The van der Waals surface area contributed by atoms with Crippen LogP contribution in [-0.2, 0) is 11.3 Å². The van der Waals surface area contributed by atoms with Crippen LogP contribution in [0.3, 0.4) is 0 Å². The number of hydrogen-bond acceptors (Lipinski definition) is 3. The quantitative estimate of drug-likeness (QED) is 0.327. The van der Waals surface area contributed by atoms with Gasteiger partial charge >= 0.3 is 0 Å². The standard InChI is InChI=1S/C26H24N4O3/c1-32-22-9-5-6-19(16-22)24-15-14-23(30(24)17-25(31)29-26(27)28)18-10-12-21(13-11-18)33-20-7-3-2-4-8-20/h2-16H,17H2,1H3,(H4,27,28,29,31). The topological polar surface area (TPSA) is 105 Å². The second kappa shape index (κ2) is 9.74. The van der Waals surface area contributed by atoms with E-state index < -0.39 is 5.91 Å². The van der Waals surface area contributed by atoms with Gasteiger partial charge in [0, 0.05) is 17.0 Å². The number of methoxy groups -OCH3 is 1. The number of carbonyl (C=O) groups excluding carboxylic acids is 1. The summed E-state index contributed by atoms with van der Waals surface area (Å²) in [5, 5.41) is 0. The van der Waals surface area contributed by atoms with Crippen LogP contribution in [0.25, 0.3) is 22.5 Å². The molecular formula is C26H24N4O3. The van der Waals surface area contributed by atoms with Gasteiger partial charge in [-0.2, -0.15) is 4.99 Å². The second-order valence-electron chi connectivity index (χ2n) is 7.29. The Morgan fingerprint density at radius 3 is 2.09 bits per heavy atom. The van der Waals surface area contributed by atoms with E-state index in [9.17, 15) is 4.79 Å². The summed E-state index contributed by atoms with van der Waals surface area (Å²) in [5.74, 6) is 1.49. The lowest BCUT2D eigenvalue weighted by atomic mass is 10.1. The van der Waals surface area contributed by atoms with Gasteiger partial charge in [0.05, 0.1) is 7.11 Å². The molecule has 4 rings (SSSR count). The molecule has 7 nitrogen and oxygen atoms in total. The molecule has 4 aromatic rings. The van der Waals surface area contributed by atoms with Crippen LogP contribution in [0.4, 0.5) is 0 Å². The molecule has 1 heterocycles. The molecule has 0 bridgehead atoms. The lowest BCUT2D eigenvalue weighted by molar-refractivity contribution is -0.118. The molecule has 7 heteroatoms. The molecular weight excluding hydrogens is 416 g/mol. The molecule has 4 N–H and O–H groups in total. The van der Waals surface area contributed by atoms with Crippen molar-refractivity contribution < 1.29 is 14.3 Å². The molecule has 0 aliphatic carbocycles. The van der Waals surface area contributed by atoms with Crippen molar-refractivity contribution in [3.8, 4) is 39.8 Å². The summed E-state index contributed by atoms with van der Waals surface area (Å²) in [6.07, 6.45) is 0. The van der Waals surface area contributed by atoms with Crippen LogP contribution in [0.1, 0.15) is 0 Å². The number of rotatable bonds is 7. The highest BCUT2D eigenvalue weighted by Crippen LogP contribution is 2.32. The zero-order chi connectivity index (χ0) is 23.2. The summed E-state index contributed by atoms with van der Waals surface area (Å²) in [7, 11) is 1.62. The summed E-state index contributed by atoms with van der Waals surface area (Å²) < 4.78 is 13.1. The van der Waals surface area contributed by atoms with E-state index in [2.05, 4.69) is 4.99 Å². The van der Waals surface area contributed by atoms with Crippen LogP contribution in [0.5, 0.6) is 17.2 Å². The van der Waals surface area contributed by atoms with Crippen molar-refractivity contribution >= 4 is 11.9 Å². The number of guanidine groups is 1. The first-order valence-electron chi connectivity index (χ1n) is 10.3. The van der Waals surface area contributed by atoms with E-state index in [0.717, 1.165) is 34.0 Å². The van der Waals surface area contributed by atoms with Gasteiger partial charge in [0.1, 0.15) is 23.8 Å². The average Bonchev–Trinajstić information content (AvgIpc) is 3.23. The highest BCUT2D eigenvalue weighted by molar-refractivity contribution is 5.92. The SMILES string of the molecule is COc1cccc(-c2ccc(-c3ccc(Oc4ccccc4)cc3)n2CC(=O)N=C(N)N)c1. The van der Waals surface area contributed by atoms with E-state index in [1.165, 1.54) is 0 Å². The van der Waals surface area contributed by atoms with Crippen molar-refractivity contribution in [1.29, 1.82) is 0 Å². The lowest BCUT2D eigenvalue weighted by Gasteiger charge is -2.14. The van der Waals surface area contributed by atoms with Gasteiger partial charge in [0.25, 0.3) is 5.91 Å². The maximum atomic E-state index is 12.5. The summed E-state index contributed by atoms with van der Waals surface area (Å²) in [5.41, 5.74) is 14.3. The van der Waals surface area contributed by atoms with Crippen LogP contribution >= 0.6 is 0 Å². The van der Waals surface area contributed by atoms with Crippen molar-refractivity contribution in [2.45, 2.75) is 6.54 Å². The molecule has 0 atom stereocenters. The number of para-hydroxylation sites is 1. The Morgan fingerprint density at radius 2 is 1.42 bits per heavy atom. The molecule has 0 fully saturated rings. The first-order valence-corrected chi connectivity index (χ1v) is 10.3. The van der Waals surface area contributed by atoms with Gasteiger partial charge in [-0.3, -0.25) is 4.79 Å². The summed E-state index contributed by atoms with van der Waals surface area (Å²) in [6, 6.07) is 28.8. The third kappa shape index (κ3) is 5.22. The highest BCUT2D eigenvalue weighted by atomic mass is 16.5. The summed E-state index contributed by atoms with van der Waals surface area (Å²) in [4.78, 5) is 16.1. The molecule has 33 heavy (non-hydrogen) atoms. The van der Waals surface area contributed by atoms with Crippen molar-refractivity contribution in [3.63, 3.8) is 0 Å². The Morgan fingerprint density at radius 1 is 0.788 bits per heavy atom. The summed E-state index contributed by atoms with van der Waals surface area (Å²) >= 11 is 0. The number of nitrogens with zero attached hydrogens (tertiary/aromatic N) is 2. The normalized spacial score (nSPS) is 10.5. The molecule has 0 spiro atoms. The van der Waals surface area contributed by atoms with E-state index in [1.807, 2.05) is 95.6 Å². The molecule has 0 aliphatic rings. The van der Waals surface area contributed by atoms with Crippen molar-refractivity contribution in [3.05, 3.63) is 91.0 Å². The van der Waals surface area contributed by atoms with Gasteiger partial charge < -0.3 is 25.5 Å². The van der Waals surface area contributed by atoms with Crippen LogP contribution in [-0.4, -0.2) is 23.5 Å². The van der Waals surface area contributed by atoms with Crippen LogP contribution in [0, 0.1) is 0 Å². The number of carbonyl (C=O) groups is 1. The number of ether oxygens (including phenoxy) is 2. The Kier molecular flexibility index (Phi) is 6.40. The monoisotopic (exact) mass is 440 g/mol. The largest absolute Gasteiger partial charge is 0.497 e. The zero-order valence-corrected chi connectivity index (χ0v) is 18.1. The predicted octanol–water partition coefficient (Wildman–Crippen LogP) is 4.42. The van der Waals surface area contributed by atoms with Gasteiger partial charge in [-0.1, -0.05) is 30.3 Å². The predicted molar refractivity (Wildman–Crippen MR) is 129 cm³/mol. The molecule has 166 valence electrons. The van der Waals surface area contributed by atoms with Gasteiger partial charge in [0.15, 0.2) is 5.96 Å². The fraction of sp³-hybridized carbons (Fsp3) is 0.0769. The van der Waals surface area contributed by atoms with Crippen LogP contribution < -0.4 is 20.9 Å². The van der Waals surface area contributed by atoms with E-state index in [0.29, 0.717) is 5.75 Å². The molecule has 0 saturated carbocycles. The maximum Gasteiger partial charge on any atom is 0.268 e. The average molecular weight is 441 g/mol. The first-order chi connectivity index (χ1) is 16.0.